The van der Waals surface area contributed by atoms with Gasteiger partial charge in [-0.2, -0.15) is 5.26 Å². The van der Waals surface area contributed by atoms with E-state index in [0.717, 1.165) is 10.8 Å². The van der Waals surface area contributed by atoms with Crippen molar-refractivity contribution in [3.05, 3.63) is 35.9 Å². The molecule has 0 saturated carbocycles. The number of rotatable bonds is 10. The Kier molecular flexibility index (Phi) is 10.4. The van der Waals surface area contributed by atoms with Crippen LogP contribution in [-0.2, 0) is 9.53 Å². The SMILES string of the molecule is CC(C#N)(CCC(=O)OCCO)SSSSC(=O)c1ccccc1. The Balaban J connectivity index is 2.31. The number of ether oxygens (including phenoxy) is 1. The summed E-state index contributed by atoms with van der Waals surface area (Å²) in [5.74, 6) is -0.433. The second-order valence-electron chi connectivity index (χ2n) is 4.74. The fourth-order valence-electron chi connectivity index (χ4n) is 1.44. The van der Waals surface area contributed by atoms with Crippen LogP contribution in [0.5, 0.6) is 0 Å². The zero-order valence-electron chi connectivity index (χ0n) is 13.0. The van der Waals surface area contributed by atoms with Crippen molar-refractivity contribution in [3.8, 4) is 6.07 Å². The minimum atomic E-state index is -0.758. The van der Waals surface area contributed by atoms with Crippen LogP contribution < -0.4 is 0 Å². The molecular formula is C15H17NO4S4. The van der Waals surface area contributed by atoms with Gasteiger partial charge in [0.25, 0.3) is 0 Å². The van der Waals surface area contributed by atoms with Crippen molar-refractivity contribution in [1.82, 2.24) is 0 Å². The van der Waals surface area contributed by atoms with Crippen LogP contribution in [-0.4, -0.2) is 34.2 Å². The topological polar surface area (TPSA) is 87.4 Å². The summed E-state index contributed by atoms with van der Waals surface area (Å²) in [6.07, 6.45) is 0.446. The normalized spacial score (nSPS) is 12.9. The summed E-state index contributed by atoms with van der Waals surface area (Å²) < 4.78 is 4.01. The molecule has 0 bridgehead atoms. The molecule has 1 rings (SSSR count). The summed E-state index contributed by atoms with van der Waals surface area (Å²) in [5.41, 5.74) is 0.635. The lowest BCUT2D eigenvalue weighted by Crippen LogP contribution is -2.19. The number of carbonyl (C=O) groups excluding carboxylic acids is 2. The van der Waals surface area contributed by atoms with Gasteiger partial charge in [-0.05, 0) is 43.8 Å². The molecule has 1 aromatic carbocycles. The van der Waals surface area contributed by atoms with Crippen molar-refractivity contribution in [1.29, 1.82) is 5.26 Å². The van der Waals surface area contributed by atoms with Gasteiger partial charge in [0, 0.05) is 12.0 Å². The van der Waals surface area contributed by atoms with Crippen LogP contribution in [0.4, 0.5) is 0 Å². The highest BCUT2D eigenvalue weighted by molar-refractivity contribution is 9.27. The molecule has 0 aliphatic rings. The zero-order valence-corrected chi connectivity index (χ0v) is 16.2. The number of esters is 1. The monoisotopic (exact) mass is 403 g/mol. The number of aliphatic hydroxyl groups excluding tert-OH is 1. The van der Waals surface area contributed by atoms with E-state index in [4.69, 9.17) is 9.84 Å². The first-order valence-corrected chi connectivity index (χ1v) is 11.8. The Morgan fingerprint density at radius 2 is 2.00 bits per heavy atom. The molecule has 24 heavy (non-hydrogen) atoms. The number of aliphatic hydroxyl groups is 1. The number of nitrogens with zero attached hydrogens (tertiary/aromatic N) is 1. The van der Waals surface area contributed by atoms with Gasteiger partial charge in [0.05, 0.1) is 12.7 Å². The molecule has 0 saturated heterocycles. The maximum atomic E-state index is 11.9. The molecule has 0 aliphatic carbocycles. The second-order valence-corrected chi connectivity index (χ2v) is 10.9. The van der Waals surface area contributed by atoms with E-state index >= 15 is 0 Å². The quantitative estimate of drug-likeness (QED) is 0.352. The average molecular weight is 404 g/mol. The van der Waals surface area contributed by atoms with Crippen LogP contribution >= 0.6 is 41.2 Å². The molecule has 0 aliphatic heterocycles. The van der Waals surface area contributed by atoms with Gasteiger partial charge in [0.15, 0.2) is 0 Å². The van der Waals surface area contributed by atoms with E-state index in [1.165, 1.54) is 30.4 Å². The van der Waals surface area contributed by atoms with Gasteiger partial charge in [0.1, 0.15) is 11.4 Å². The summed E-state index contributed by atoms with van der Waals surface area (Å²) >= 11 is 0. The lowest BCUT2D eigenvalue weighted by atomic mass is 10.1. The fraction of sp³-hybridized carbons (Fsp3) is 0.400. The molecule has 0 radical (unpaired) electrons. The third-order valence-electron chi connectivity index (χ3n) is 2.76. The summed E-state index contributed by atoms with van der Waals surface area (Å²) in [6, 6.07) is 11.2. The highest BCUT2D eigenvalue weighted by Crippen LogP contribution is 2.50. The molecule has 5 nitrogen and oxygen atoms in total. The summed E-state index contributed by atoms with van der Waals surface area (Å²) in [7, 11) is 5.05. The van der Waals surface area contributed by atoms with Gasteiger partial charge >= 0.3 is 5.97 Å². The van der Waals surface area contributed by atoms with Crippen LogP contribution in [0.3, 0.4) is 0 Å². The third-order valence-corrected chi connectivity index (χ3v) is 9.36. The Hall–Kier alpha value is -0.790. The number of benzene rings is 1. The van der Waals surface area contributed by atoms with Gasteiger partial charge < -0.3 is 9.84 Å². The number of hydrogen-bond acceptors (Lipinski definition) is 9. The highest BCUT2D eigenvalue weighted by atomic mass is 33.7. The molecule has 1 atom stereocenters. The first-order chi connectivity index (χ1) is 11.5. The van der Waals surface area contributed by atoms with E-state index in [-0.39, 0.29) is 24.7 Å². The molecule has 1 aromatic rings. The molecule has 1 unspecified atom stereocenters. The third kappa shape index (κ3) is 8.35. The van der Waals surface area contributed by atoms with Crippen LogP contribution in [0, 0.1) is 11.3 Å². The Bertz CT molecular complexity index is 579. The minimum Gasteiger partial charge on any atom is -0.463 e. The molecule has 0 spiro atoms. The molecule has 0 heterocycles. The van der Waals surface area contributed by atoms with Crippen LogP contribution in [0.1, 0.15) is 30.1 Å². The smallest absolute Gasteiger partial charge is 0.305 e. The zero-order chi connectivity index (χ0) is 17.8. The van der Waals surface area contributed by atoms with E-state index in [1.807, 2.05) is 18.2 Å². The fourth-order valence-corrected chi connectivity index (χ4v) is 7.53. The Labute approximate surface area is 156 Å². The Morgan fingerprint density at radius 3 is 2.62 bits per heavy atom. The van der Waals surface area contributed by atoms with Crippen molar-refractivity contribution in [2.75, 3.05) is 13.2 Å². The summed E-state index contributed by atoms with van der Waals surface area (Å²) in [6.45, 7) is 1.50. The molecule has 130 valence electrons. The minimum absolute atomic E-state index is 0.0297. The van der Waals surface area contributed by atoms with Gasteiger partial charge in [-0.1, -0.05) is 41.1 Å². The van der Waals surface area contributed by atoms with Crippen molar-refractivity contribution in [2.45, 2.75) is 24.5 Å². The van der Waals surface area contributed by atoms with Crippen molar-refractivity contribution in [3.63, 3.8) is 0 Å². The first-order valence-electron chi connectivity index (χ1n) is 6.97. The highest BCUT2D eigenvalue weighted by Gasteiger charge is 2.27. The van der Waals surface area contributed by atoms with Crippen LogP contribution in [0.2, 0.25) is 0 Å². The van der Waals surface area contributed by atoms with E-state index in [9.17, 15) is 14.9 Å². The van der Waals surface area contributed by atoms with Crippen LogP contribution in [0.15, 0.2) is 30.3 Å². The predicted molar refractivity (Wildman–Crippen MR) is 102 cm³/mol. The predicted octanol–water partition coefficient (Wildman–Crippen LogP) is 4.10. The van der Waals surface area contributed by atoms with Crippen molar-refractivity contribution >= 4 is 52.3 Å². The van der Waals surface area contributed by atoms with E-state index < -0.39 is 10.7 Å². The number of nitriles is 1. The van der Waals surface area contributed by atoms with Gasteiger partial charge in [-0.3, -0.25) is 9.59 Å². The first kappa shape index (κ1) is 21.3. The average Bonchev–Trinajstić information content (AvgIpc) is 2.62. The van der Waals surface area contributed by atoms with E-state index in [2.05, 4.69) is 6.07 Å². The van der Waals surface area contributed by atoms with Gasteiger partial charge in [-0.25, -0.2) is 0 Å². The van der Waals surface area contributed by atoms with Crippen molar-refractivity contribution < 1.29 is 19.4 Å². The van der Waals surface area contributed by atoms with Gasteiger partial charge in [0.2, 0.25) is 5.12 Å². The van der Waals surface area contributed by atoms with E-state index in [1.54, 1.807) is 19.1 Å². The molecule has 0 fully saturated rings. The standard InChI is InChI=1S/C15H17NO4S4/c1-15(11-16,8-7-13(18)20-10-9-17)22-24-23-21-14(19)12-5-3-2-4-6-12/h2-6,17H,7-10H2,1H3. The number of carbonyl (C=O) groups is 2. The summed E-state index contributed by atoms with van der Waals surface area (Å²) in [4.78, 5) is 23.4. The molecule has 9 heteroatoms. The lowest BCUT2D eigenvalue weighted by Gasteiger charge is -2.18. The van der Waals surface area contributed by atoms with Crippen molar-refractivity contribution in [2.24, 2.45) is 0 Å². The second kappa shape index (κ2) is 11.7. The largest absolute Gasteiger partial charge is 0.463 e. The number of hydrogen-bond donors (Lipinski definition) is 1. The van der Waals surface area contributed by atoms with Gasteiger partial charge in [-0.15, -0.1) is 0 Å². The summed E-state index contributed by atoms with van der Waals surface area (Å²) in [5, 5.41) is 17.8. The van der Waals surface area contributed by atoms with Crippen LogP contribution in [0.25, 0.3) is 0 Å². The lowest BCUT2D eigenvalue weighted by molar-refractivity contribution is -0.144. The molecule has 0 aromatic heterocycles. The van der Waals surface area contributed by atoms with E-state index in [0.29, 0.717) is 12.0 Å². The molecule has 1 N–H and O–H groups in total. The Morgan fingerprint density at radius 1 is 1.29 bits per heavy atom. The molecular weight excluding hydrogens is 386 g/mol. The molecule has 0 amide bonds. The maximum absolute atomic E-state index is 11.9. The maximum Gasteiger partial charge on any atom is 0.305 e.